The average molecular weight is 242 g/mol. The zero-order valence-corrected chi connectivity index (χ0v) is 9.95. The molecule has 0 aromatic carbocycles. The van der Waals surface area contributed by atoms with E-state index in [-0.39, 0.29) is 11.9 Å². The second kappa shape index (κ2) is 4.64. The lowest BCUT2D eigenvalue weighted by atomic mass is 10.1. The van der Waals surface area contributed by atoms with Gasteiger partial charge in [-0.15, -0.1) is 0 Å². The van der Waals surface area contributed by atoms with Crippen molar-refractivity contribution in [3.05, 3.63) is 54.2 Å². The maximum Gasteiger partial charge on any atom is 0.290 e. The Labute approximate surface area is 105 Å². The molecular weight excluding hydrogens is 228 g/mol. The van der Waals surface area contributed by atoms with Crippen LogP contribution in [0.5, 0.6) is 0 Å². The number of hydrogen-bond acceptors (Lipinski definition) is 3. The van der Waals surface area contributed by atoms with Crippen LogP contribution >= 0.6 is 0 Å². The molecule has 1 amide bonds. The summed E-state index contributed by atoms with van der Waals surface area (Å²) in [6.07, 6.45) is 7.09. The van der Waals surface area contributed by atoms with Crippen LogP contribution in [0, 0.1) is 0 Å². The number of furan rings is 1. The third kappa shape index (κ3) is 1.90. The fourth-order valence-corrected chi connectivity index (χ4v) is 2.48. The summed E-state index contributed by atoms with van der Waals surface area (Å²) >= 11 is 0. The molecule has 1 aliphatic rings. The summed E-state index contributed by atoms with van der Waals surface area (Å²) in [5.74, 6) is 0.385. The molecule has 0 spiro atoms. The van der Waals surface area contributed by atoms with Gasteiger partial charge in [-0.3, -0.25) is 9.78 Å². The molecule has 3 heterocycles. The largest absolute Gasteiger partial charge is 0.459 e. The minimum atomic E-state index is -0.0284. The number of pyridine rings is 1. The number of rotatable bonds is 2. The second-order valence-corrected chi connectivity index (χ2v) is 4.41. The topological polar surface area (TPSA) is 46.3 Å². The van der Waals surface area contributed by atoms with Gasteiger partial charge in [0.15, 0.2) is 5.76 Å². The number of aromatic nitrogens is 1. The number of carbonyl (C=O) groups excluding carboxylic acids is 1. The summed E-state index contributed by atoms with van der Waals surface area (Å²) in [6.45, 7) is 0.784. The molecule has 0 saturated carbocycles. The van der Waals surface area contributed by atoms with Crippen molar-refractivity contribution >= 4 is 5.91 Å². The number of amides is 1. The third-order valence-corrected chi connectivity index (χ3v) is 3.34. The van der Waals surface area contributed by atoms with Crippen molar-refractivity contribution in [2.75, 3.05) is 6.54 Å². The molecule has 0 N–H and O–H groups in total. The molecule has 0 radical (unpaired) electrons. The molecule has 1 aliphatic heterocycles. The lowest BCUT2D eigenvalue weighted by Gasteiger charge is -2.23. The Hall–Kier alpha value is -2.10. The number of nitrogens with zero attached hydrogens (tertiary/aromatic N) is 2. The molecule has 0 aliphatic carbocycles. The van der Waals surface area contributed by atoms with Crippen molar-refractivity contribution in [3.8, 4) is 0 Å². The van der Waals surface area contributed by atoms with Crippen molar-refractivity contribution in [1.29, 1.82) is 0 Å². The predicted molar refractivity (Wildman–Crippen MR) is 66.0 cm³/mol. The van der Waals surface area contributed by atoms with E-state index >= 15 is 0 Å². The summed E-state index contributed by atoms with van der Waals surface area (Å²) in [6, 6.07) is 7.54. The molecule has 2 aromatic rings. The number of carbonyl (C=O) groups is 1. The first-order chi connectivity index (χ1) is 8.86. The number of hydrogen-bond donors (Lipinski definition) is 0. The zero-order valence-electron chi connectivity index (χ0n) is 9.95. The molecule has 0 bridgehead atoms. The van der Waals surface area contributed by atoms with E-state index in [9.17, 15) is 4.79 Å². The van der Waals surface area contributed by atoms with Gasteiger partial charge in [-0.1, -0.05) is 0 Å². The third-order valence-electron chi connectivity index (χ3n) is 3.34. The van der Waals surface area contributed by atoms with E-state index in [0.717, 1.165) is 24.9 Å². The Morgan fingerprint density at radius 1 is 1.33 bits per heavy atom. The molecule has 3 rings (SSSR count). The Balaban J connectivity index is 1.86. The van der Waals surface area contributed by atoms with Crippen molar-refractivity contribution < 1.29 is 9.21 Å². The Morgan fingerprint density at radius 2 is 2.17 bits per heavy atom. The van der Waals surface area contributed by atoms with Gasteiger partial charge in [-0.2, -0.15) is 0 Å². The lowest BCUT2D eigenvalue weighted by Crippen LogP contribution is -2.30. The van der Waals surface area contributed by atoms with Crippen molar-refractivity contribution in [2.45, 2.75) is 18.9 Å². The second-order valence-electron chi connectivity index (χ2n) is 4.41. The Kier molecular flexibility index (Phi) is 2.84. The van der Waals surface area contributed by atoms with Crippen molar-refractivity contribution in [1.82, 2.24) is 9.88 Å². The first kappa shape index (κ1) is 11.0. The molecular formula is C14H14N2O2. The lowest BCUT2D eigenvalue weighted by molar-refractivity contribution is 0.0703. The summed E-state index contributed by atoms with van der Waals surface area (Å²) in [5, 5.41) is 0. The number of likely N-dealkylation sites (tertiary alicyclic amines) is 1. The predicted octanol–water partition coefficient (Wildman–Crippen LogP) is 2.65. The van der Waals surface area contributed by atoms with Gasteiger partial charge < -0.3 is 9.32 Å². The van der Waals surface area contributed by atoms with Crippen LogP contribution in [0.1, 0.15) is 35.0 Å². The summed E-state index contributed by atoms with van der Waals surface area (Å²) in [5.41, 5.74) is 1.14. The van der Waals surface area contributed by atoms with E-state index in [1.807, 2.05) is 17.0 Å². The average Bonchev–Trinajstić information content (AvgIpc) is 3.10. The summed E-state index contributed by atoms with van der Waals surface area (Å²) in [7, 11) is 0. The van der Waals surface area contributed by atoms with Gasteiger partial charge in [0, 0.05) is 18.9 Å². The van der Waals surface area contributed by atoms with Crippen LogP contribution in [0.4, 0.5) is 0 Å². The SMILES string of the molecule is O=C(c1ccco1)N1CCCC1c1ccncc1. The highest BCUT2D eigenvalue weighted by Crippen LogP contribution is 2.32. The first-order valence-electron chi connectivity index (χ1n) is 6.10. The summed E-state index contributed by atoms with van der Waals surface area (Å²) in [4.78, 5) is 18.2. The van der Waals surface area contributed by atoms with Crippen LogP contribution < -0.4 is 0 Å². The molecule has 4 heteroatoms. The first-order valence-corrected chi connectivity index (χ1v) is 6.10. The Bertz CT molecular complexity index is 522. The van der Waals surface area contributed by atoms with Crippen LogP contribution in [0.25, 0.3) is 0 Å². The quantitative estimate of drug-likeness (QED) is 0.813. The zero-order chi connectivity index (χ0) is 12.4. The van der Waals surface area contributed by atoms with Crippen LogP contribution in [0.3, 0.4) is 0 Å². The molecule has 1 fully saturated rings. The molecule has 1 atom stereocenters. The molecule has 1 unspecified atom stereocenters. The molecule has 92 valence electrons. The standard InChI is InChI=1S/C14H14N2O2/c17-14(13-4-2-10-18-13)16-9-1-3-12(16)11-5-7-15-8-6-11/h2,4-8,10,12H,1,3,9H2. The maximum atomic E-state index is 12.3. The molecule has 18 heavy (non-hydrogen) atoms. The van der Waals surface area contributed by atoms with Gasteiger partial charge in [0.25, 0.3) is 5.91 Å². The highest BCUT2D eigenvalue weighted by molar-refractivity contribution is 5.91. The van der Waals surface area contributed by atoms with Crippen LogP contribution in [0.15, 0.2) is 47.3 Å². The molecule has 1 saturated heterocycles. The maximum absolute atomic E-state index is 12.3. The van der Waals surface area contributed by atoms with E-state index in [1.165, 1.54) is 6.26 Å². The van der Waals surface area contributed by atoms with Crippen LogP contribution in [-0.2, 0) is 0 Å². The van der Waals surface area contributed by atoms with E-state index < -0.39 is 0 Å². The fraction of sp³-hybridized carbons (Fsp3) is 0.286. The normalized spacial score (nSPS) is 19.1. The van der Waals surface area contributed by atoms with Gasteiger partial charge in [-0.05, 0) is 42.7 Å². The molecule has 2 aromatic heterocycles. The van der Waals surface area contributed by atoms with Crippen molar-refractivity contribution in [3.63, 3.8) is 0 Å². The van der Waals surface area contributed by atoms with Gasteiger partial charge in [0.2, 0.25) is 0 Å². The van der Waals surface area contributed by atoms with E-state index in [0.29, 0.717) is 5.76 Å². The van der Waals surface area contributed by atoms with Gasteiger partial charge >= 0.3 is 0 Å². The van der Waals surface area contributed by atoms with E-state index in [4.69, 9.17) is 4.42 Å². The minimum Gasteiger partial charge on any atom is -0.459 e. The van der Waals surface area contributed by atoms with Crippen LogP contribution in [-0.4, -0.2) is 22.3 Å². The van der Waals surface area contributed by atoms with Gasteiger partial charge in [0.1, 0.15) is 0 Å². The van der Waals surface area contributed by atoms with E-state index in [2.05, 4.69) is 4.98 Å². The minimum absolute atomic E-state index is 0.0284. The van der Waals surface area contributed by atoms with Gasteiger partial charge in [-0.25, -0.2) is 0 Å². The summed E-state index contributed by atoms with van der Waals surface area (Å²) < 4.78 is 5.19. The highest BCUT2D eigenvalue weighted by Gasteiger charge is 2.31. The monoisotopic (exact) mass is 242 g/mol. The highest BCUT2D eigenvalue weighted by atomic mass is 16.3. The van der Waals surface area contributed by atoms with Crippen LogP contribution in [0.2, 0.25) is 0 Å². The fourth-order valence-electron chi connectivity index (χ4n) is 2.48. The Morgan fingerprint density at radius 3 is 2.89 bits per heavy atom. The van der Waals surface area contributed by atoms with E-state index in [1.54, 1.807) is 24.5 Å². The van der Waals surface area contributed by atoms with Crippen molar-refractivity contribution in [2.24, 2.45) is 0 Å². The molecule has 4 nitrogen and oxygen atoms in total. The smallest absolute Gasteiger partial charge is 0.290 e. The van der Waals surface area contributed by atoms with Gasteiger partial charge in [0.05, 0.1) is 12.3 Å².